The number of amides is 1. The molecule has 1 amide bonds. The van der Waals surface area contributed by atoms with Crippen LogP contribution in [0.2, 0.25) is 0 Å². The highest BCUT2D eigenvalue weighted by Gasteiger charge is 2.18. The van der Waals surface area contributed by atoms with Gasteiger partial charge in [0.15, 0.2) is 0 Å². The van der Waals surface area contributed by atoms with Crippen LogP contribution in [-0.4, -0.2) is 26.8 Å². The number of benzene rings is 1. The van der Waals surface area contributed by atoms with Gasteiger partial charge in [0.1, 0.15) is 4.88 Å². The van der Waals surface area contributed by atoms with Gasteiger partial charge in [-0.15, -0.1) is 11.3 Å². The number of primary amides is 1. The van der Waals surface area contributed by atoms with Gasteiger partial charge >= 0.3 is 5.97 Å². The van der Waals surface area contributed by atoms with E-state index in [4.69, 9.17) is 5.73 Å². The number of carbonyl (C=O) groups is 2. The van der Waals surface area contributed by atoms with Crippen molar-refractivity contribution in [1.29, 1.82) is 0 Å². The second kappa shape index (κ2) is 5.02. The Balaban J connectivity index is 2.07. The van der Waals surface area contributed by atoms with Gasteiger partial charge in [0, 0.05) is 16.5 Å². The topological polar surface area (TPSA) is 98.2 Å². The van der Waals surface area contributed by atoms with E-state index in [0.29, 0.717) is 11.1 Å². The fourth-order valence-electron chi connectivity index (χ4n) is 2.17. The highest BCUT2D eigenvalue weighted by molar-refractivity contribution is 7.21. The highest BCUT2D eigenvalue weighted by Crippen LogP contribution is 2.31. The number of hydrogen-bond acceptors (Lipinski definition) is 4. The maximum Gasteiger partial charge on any atom is 0.346 e. The van der Waals surface area contributed by atoms with Crippen molar-refractivity contribution in [3.05, 3.63) is 52.7 Å². The molecular weight excluding hydrogens is 290 g/mol. The molecule has 2 heterocycles. The van der Waals surface area contributed by atoms with E-state index in [1.165, 1.54) is 28.4 Å². The molecular formula is C14H11N3O3S. The monoisotopic (exact) mass is 301 g/mol. The molecule has 21 heavy (non-hydrogen) atoms. The molecule has 0 bridgehead atoms. The standard InChI is InChI=1S/C14H11N3O3S/c15-13(18)8-5-16-17(6-8)7-10-9-3-1-2-4-11(9)21-12(10)14(19)20/h1-6H,7H2,(H2,15,18)(H,19,20). The minimum absolute atomic E-state index is 0.277. The lowest BCUT2D eigenvalue weighted by Gasteiger charge is -2.02. The minimum Gasteiger partial charge on any atom is -0.477 e. The quantitative estimate of drug-likeness (QED) is 0.769. The van der Waals surface area contributed by atoms with Crippen molar-refractivity contribution in [3.63, 3.8) is 0 Å². The number of nitrogens with zero attached hydrogens (tertiary/aromatic N) is 2. The molecule has 106 valence electrons. The SMILES string of the molecule is NC(=O)c1cnn(Cc2c(C(=O)O)sc3ccccc23)c1. The van der Waals surface area contributed by atoms with Crippen LogP contribution in [-0.2, 0) is 6.54 Å². The first-order valence-corrected chi connectivity index (χ1v) is 6.94. The van der Waals surface area contributed by atoms with Gasteiger partial charge in [-0.05, 0) is 11.5 Å². The first-order chi connectivity index (χ1) is 10.1. The summed E-state index contributed by atoms with van der Waals surface area (Å²) in [5.74, 6) is -1.52. The summed E-state index contributed by atoms with van der Waals surface area (Å²) in [7, 11) is 0. The van der Waals surface area contributed by atoms with Gasteiger partial charge in [-0.25, -0.2) is 4.79 Å². The summed E-state index contributed by atoms with van der Waals surface area (Å²) in [6.45, 7) is 0.277. The highest BCUT2D eigenvalue weighted by atomic mass is 32.1. The van der Waals surface area contributed by atoms with Gasteiger partial charge in [-0.1, -0.05) is 18.2 Å². The third kappa shape index (κ3) is 2.38. The lowest BCUT2D eigenvalue weighted by atomic mass is 10.1. The molecule has 0 saturated heterocycles. The van der Waals surface area contributed by atoms with Gasteiger partial charge in [-0.2, -0.15) is 5.10 Å². The van der Waals surface area contributed by atoms with Crippen molar-refractivity contribution in [2.24, 2.45) is 5.73 Å². The zero-order valence-corrected chi connectivity index (χ0v) is 11.6. The number of aromatic nitrogens is 2. The lowest BCUT2D eigenvalue weighted by molar-refractivity contribution is 0.0700. The van der Waals surface area contributed by atoms with Crippen molar-refractivity contribution in [3.8, 4) is 0 Å². The van der Waals surface area contributed by atoms with Crippen molar-refractivity contribution >= 4 is 33.3 Å². The molecule has 0 aliphatic heterocycles. The molecule has 0 saturated carbocycles. The molecule has 2 aromatic heterocycles. The third-order valence-corrected chi connectivity index (χ3v) is 4.33. The molecule has 0 aliphatic carbocycles. The number of carboxylic acid groups (broad SMARTS) is 1. The van der Waals surface area contributed by atoms with E-state index in [-0.39, 0.29) is 11.4 Å². The summed E-state index contributed by atoms with van der Waals surface area (Å²) < 4.78 is 2.42. The average Bonchev–Trinajstić information content (AvgIpc) is 3.05. The second-order valence-electron chi connectivity index (χ2n) is 4.50. The molecule has 0 aliphatic rings. The fourth-order valence-corrected chi connectivity index (χ4v) is 3.22. The summed E-state index contributed by atoms with van der Waals surface area (Å²) in [6, 6.07) is 7.50. The molecule has 3 aromatic rings. The van der Waals surface area contributed by atoms with Crippen LogP contribution in [0.5, 0.6) is 0 Å². The van der Waals surface area contributed by atoms with Gasteiger partial charge in [0.25, 0.3) is 5.91 Å². The zero-order chi connectivity index (χ0) is 15.0. The van der Waals surface area contributed by atoms with Crippen LogP contribution in [0.15, 0.2) is 36.7 Å². The van der Waals surface area contributed by atoms with E-state index in [0.717, 1.165) is 10.1 Å². The summed E-state index contributed by atoms with van der Waals surface area (Å²) >= 11 is 1.23. The molecule has 0 atom stereocenters. The van der Waals surface area contributed by atoms with Crippen LogP contribution in [0.25, 0.3) is 10.1 Å². The van der Waals surface area contributed by atoms with Gasteiger partial charge in [0.2, 0.25) is 0 Å². The zero-order valence-electron chi connectivity index (χ0n) is 10.8. The number of aromatic carboxylic acids is 1. The van der Waals surface area contributed by atoms with Crippen LogP contribution in [0.1, 0.15) is 25.6 Å². The maximum atomic E-state index is 11.4. The smallest absolute Gasteiger partial charge is 0.346 e. The Labute approximate surface area is 123 Å². The van der Waals surface area contributed by atoms with E-state index < -0.39 is 11.9 Å². The van der Waals surface area contributed by atoms with Crippen molar-refractivity contribution in [2.45, 2.75) is 6.54 Å². The number of carboxylic acids is 1. The van der Waals surface area contributed by atoms with Crippen LogP contribution >= 0.6 is 11.3 Å². The van der Waals surface area contributed by atoms with E-state index >= 15 is 0 Å². The molecule has 7 heteroatoms. The van der Waals surface area contributed by atoms with Crippen LogP contribution in [0.3, 0.4) is 0 Å². The predicted octanol–water partition coefficient (Wildman–Crippen LogP) is 1.94. The number of hydrogen-bond donors (Lipinski definition) is 2. The van der Waals surface area contributed by atoms with E-state index in [9.17, 15) is 14.7 Å². The minimum atomic E-state index is -0.964. The normalized spacial score (nSPS) is 10.9. The molecule has 0 spiro atoms. The summed E-state index contributed by atoms with van der Waals surface area (Å²) in [4.78, 5) is 22.8. The number of rotatable bonds is 4. The molecule has 3 rings (SSSR count). The molecule has 0 radical (unpaired) electrons. The largest absolute Gasteiger partial charge is 0.477 e. The first kappa shape index (κ1) is 13.3. The van der Waals surface area contributed by atoms with E-state index in [1.54, 1.807) is 0 Å². The van der Waals surface area contributed by atoms with Gasteiger partial charge in [-0.3, -0.25) is 9.48 Å². The Kier molecular flexibility index (Phi) is 3.19. The Morgan fingerprint density at radius 3 is 2.76 bits per heavy atom. The average molecular weight is 301 g/mol. The van der Waals surface area contributed by atoms with Crippen molar-refractivity contribution in [2.75, 3.05) is 0 Å². The number of nitrogens with two attached hydrogens (primary N) is 1. The predicted molar refractivity (Wildman–Crippen MR) is 78.6 cm³/mol. The Morgan fingerprint density at radius 1 is 1.33 bits per heavy atom. The van der Waals surface area contributed by atoms with E-state index in [2.05, 4.69) is 5.10 Å². The van der Waals surface area contributed by atoms with Crippen LogP contribution < -0.4 is 5.73 Å². The third-order valence-electron chi connectivity index (χ3n) is 3.13. The van der Waals surface area contributed by atoms with Crippen molar-refractivity contribution in [1.82, 2.24) is 9.78 Å². The van der Waals surface area contributed by atoms with Crippen molar-refractivity contribution < 1.29 is 14.7 Å². The second-order valence-corrected chi connectivity index (χ2v) is 5.55. The molecule has 0 unspecified atom stereocenters. The van der Waals surface area contributed by atoms with Crippen LogP contribution in [0, 0.1) is 0 Å². The summed E-state index contributed by atoms with van der Waals surface area (Å²) in [6.07, 6.45) is 2.89. The Morgan fingerprint density at radius 2 is 2.10 bits per heavy atom. The van der Waals surface area contributed by atoms with E-state index in [1.807, 2.05) is 24.3 Å². The lowest BCUT2D eigenvalue weighted by Crippen LogP contribution is -2.10. The molecule has 0 fully saturated rings. The fraction of sp³-hybridized carbons (Fsp3) is 0.0714. The molecule has 1 aromatic carbocycles. The number of fused-ring (bicyclic) bond motifs is 1. The molecule has 6 nitrogen and oxygen atoms in total. The summed E-state index contributed by atoms with van der Waals surface area (Å²) in [5.41, 5.74) is 6.17. The Hall–Kier alpha value is -2.67. The first-order valence-electron chi connectivity index (χ1n) is 6.12. The van der Waals surface area contributed by atoms with Gasteiger partial charge < -0.3 is 10.8 Å². The number of carbonyl (C=O) groups excluding carboxylic acids is 1. The Bertz CT molecular complexity index is 850. The van der Waals surface area contributed by atoms with Gasteiger partial charge in [0.05, 0.1) is 18.3 Å². The number of thiophene rings is 1. The molecule has 3 N–H and O–H groups in total. The maximum absolute atomic E-state index is 11.4. The summed E-state index contributed by atoms with van der Waals surface area (Å²) in [5, 5.41) is 14.3. The van der Waals surface area contributed by atoms with Crippen LogP contribution in [0.4, 0.5) is 0 Å².